The van der Waals surface area contributed by atoms with Crippen LogP contribution < -0.4 is 11.2 Å². The maximum atomic E-state index is 13.0. The van der Waals surface area contributed by atoms with E-state index in [0.717, 1.165) is 43.7 Å². The largest absolute Gasteiger partial charge is 0.332 e. The molecule has 1 unspecified atom stereocenters. The molecule has 0 saturated carbocycles. The number of hydrogen-bond acceptors (Lipinski definition) is 5. The fourth-order valence-corrected chi connectivity index (χ4v) is 4.70. The third-order valence-electron chi connectivity index (χ3n) is 6.47. The molecule has 1 fully saturated rings. The summed E-state index contributed by atoms with van der Waals surface area (Å²) in [4.78, 5) is 37.3. The second kappa shape index (κ2) is 9.11. The summed E-state index contributed by atoms with van der Waals surface area (Å²) in [6.45, 7) is 3.20. The van der Waals surface area contributed by atoms with Crippen molar-refractivity contribution in [1.82, 2.24) is 24.0 Å². The van der Waals surface area contributed by atoms with Crippen molar-refractivity contribution in [2.24, 2.45) is 7.05 Å². The molecule has 1 aromatic carbocycles. The summed E-state index contributed by atoms with van der Waals surface area (Å²) >= 11 is 0. The van der Waals surface area contributed by atoms with E-state index in [4.69, 9.17) is 4.98 Å². The first-order chi connectivity index (χ1) is 16.1. The summed E-state index contributed by atoms with van der Waals surface area (Å²) in [6, 6.07) is 17.7. The molecule has 0 radical (unpaired) electrons. The molecule has 5 rings (SSSR count). The smallest absolute Gasteiger partial charge is 0.298 e. The van der Waals surface area contributed by atoms with Crippen LogP contribution in [0.2, 0.25) is 0 Å². The third kappa shape index (κ3) is 4.36. The van der Waals surface area contributed by atoms with Gasteiger partial charge in [0, 0.05) is 44.1 Å². The van der Waals surface area contributed by atoms with Gasteiger partial charge in [0.2, 0.25) is 0 Å². The molecule has 1 aliphatic heterocycles. The van der Waals surface area contributed by atoms with Gasteiger partial charge in [0.05, 0.1) is 11.9 Å². The Bertz CT molecular complexity index is 1380. The zero-order chi connectivity index (χ0) is 22.8. The Kier molecular flexibility index (Phi) is 5.88. The zero-order valence-corrected chi connectivity index (χ0v) is 18.7. The monoisotopic (exact) mass is 441 g/mol. The van der Waals surface area contributed by atoms with Gasteiger partial charge in [-0.25, -0.2) is 9.78 Å². The van der Waals surface area contributed by atoms with Crippen LogP contribution in [0.15, 0.2) is 76.6 Å². The summed E-state index contributed by atoms with van der Waals surface area (Å²) in [5.74, 6) is 0.259. The van der Waals surface area contributed by atoms with Crippen LogP contribution in [0.1, 0.15) is 35.6 Å². The highest BCUT2D eigenvalue weighted by atomic mass is 16.2. The van der Waals surface area contributed by atoms with Crippen molar-refractivity contribution in [2.75, 3.05) is 13.1 Å². The standard InChI is InChI=1S/C26H27N5O2/c1-29-25(32)22-9-10-23(21-8-5-15-30(18-21)16-20-11-13-27-14-12-20)28-24(22)31(26(29)33)17-19-6-3-2-4-7-19/h2-4,6-7,9-14,21H,5,8,15-18H2,1H3. The Labute approximate surface area is 192 Å². The van der Waals surface area contributed by atoms with Crippen molar-refractivity contribution < 1.29 is 0 Å². The number of likely N-dealkylation sites (tertiary alicyclic amines) is 1. The predicted molar refractivity (Wildman–Crippen MR) is 128 cm³/mol. The Morgan fingerprint density at radius 1 is 0.939 bits per heavy atom. The Balaban J connectivity index is 1.50. The van der Waals surface area contributed by atoms with Gasteiger partial charge in [0.15, 0.2) is 0 Å². The van der Waals surface area contributed by atoms with Crippen LogP contribution in [0.25, 0.3) is 11.0 Å². The lowest BCUT2D eigenvalue weighted by Gasteiger charge is -2.32. The Hall–Kier alpha value is -3.58. The van der Waals surface area contributed by atoms with Crippen molar-refractivity contribution in [1.29, 1.82) is 0 Å². The minimum atomic E-state index is -0.344. The van der Waals surface area contributed by atoms with Crippen molar-refractivity contribution in [3.63, 3.8) is 0 Å². The number of pyridine rings is 2. The van der Waals surface area contributed by atoms with E-state index in [-0.39, 0.29) is 17.2 Å². The number of aromatic nitrogens is 4. The summed E-state index contributed by atoms with van der Waals surface area (Å²) in [6.07, 6.45) is 5.78. The highest BCUT2D eigenvalue weighted by molar-refractivity contribution is 5.74. The van der Waals surface area contributed by atoms with E-state index >= 15 is 0 Å². The van der Waals surface area contributed by atoms with E-state index in [0.29, 0.717) is 17.6 Å². The quantitative estimate of drug-likeness (QED) is 0.476. The zero-order valence-electron chi connectivity index (χ0n) is 18.7. The molecule has 168 valence electrons. The second-order valence-corrected chi connectivity index (χ2v) is 8.76. The van der Waals surface area contributed by atoms with E-state index in [9.17, 15) is 9.59 Å². The predicted octanol–water partition coefficient (Wildman–Crippen LogP) is 2.92. The molecule has 1 aliphatic rings. The van der Waals surface area contributed by atoms with E-state index in [1.165, 1.54) is 17.2 Å². The second-order valence-electron chi connectivity index (χ2n) is 8.76. The summed E-state index contributed by atoms with van der Waals surface area (Å²) in [7, 11) is 1.53. The maximum absolute atomic E-state index is 13.0. The van der Waals surface area contributed by atoms with Gasteiger partial charge < -0.3 is 0 Å². The SMILES string of the molecule is Cn1c(=O)c2ccc(C3CCCN(Cc4ccncc4)C3)nc2n(Cc2ccccc2)c1=O. The molecular formula is C26H27N5O2. The van der Waals surface area contributed by atoms with E-state index in [1.807, 2.05) is 54.9 Å². The van der Waals surface area contributed by atoms with Crippen LogP contribution in [-0.4, -0.2) is 37.1 Å². The van der Waals surface area contributed by atoms with Gasteiger partial charge in [-0.2, -0.15) is 0 Å². The van der Waals surface area contributed by atoms with Crippen LogP contribution in [0.5, 0.6) is 0 Å². The molecule has 7 heteroatoms. The highest BCUT2D eigenvalue weighted by Gasteiger charge is 2.24. The van der Waals surface area contributed by atoms with Crippen LogP contribution in [0.3, 0.4) is 0 Å². The molecular weight excluding hydrogens is 414 g/mol. The van der Waals surface area contributed by atoms with Gasteiger partial charge in [0.25, 0.3) is 5.56 Å². The van der Waals surface area contributed by atoms with Gasteiger partial charge in [-0.1, -0.05) is 30.3 Å². The minimum Gasteiger partial charge on any atom is -0.298 e. The molecule has 0 aliphatic carbocycles. The molecule has 4 heterocycles. The molecule has 33 heavy (non-hydrogen) atoms. The molecule has 0 spiro atoms. The van der Waals surface area contributed by atoms with Gasteiger partial charge in [0.1, 0.15) is 5.65 Å². The van der Waals surface area contributed by atoms with Crippen molar-refractivity contribution in [3.05, 3.63) is 105 Å². The third-order valence-corrected chi connectivity index (χ3v) is 6.47. The van der Waals surface area contributed by atoms with Crippen molar-refractivity contribution in [2.45, 2.75) is 31.8 Å². The highest BCUT2D eigenvalue weighted by Crippen LogP contribution is 2.27. The first-order valence-electron chi connectivity index (χ1n) is 11.4. The molecule has 1 saturated heterocycles. The average Bonchev–Trinajstić information content (AvgIpc) is 2.86. The number of rotatable bonds is 5. The molecule has 4 aromatic rings. The molecule has 0 amide bonds. The Morgan fingerprint density at radius 3 is 2.48 bits per heavy atom. The van der Waals surface area contributed by atoms with Gasteiger partial charge in [-0.3, -0.25) is 23.8 Å². The first kappa shape index (κ1) is 21.3. The lowest BCUT2D eigenvalue weighted by atomic mass is 9.93. The Morgan fingerprint density at radius 2 is 1.70 bits per heavy atom. The lowest BCUT2D eigenvalue weighted by molar-refractivity contribution is 0.198. The fraction of sp³-hybridized carbons (Fsp3) is 0.308. The first-order valence-corrected chi connectivity index (χ1v) is 11.4. The van der Waals surface area contributed by atoms with E-state index < -0.39 is 0 Å². The molecule has 3 aromatic heterocycles. The van der Waals surface area contributed by atoms with Crippen LogP contribution in [0, 0.1) is 0 Å². The van der Waals surface area contributed by atoms with E-state index in [1.54, 1.807) is 4.57 Å². The molecule has 1 atom stereocenters. The van der Waals surface area contributed by atoms with Crippen LogP contribution in [0.4, 0.5) is 0 Å². The van der Waals surface area contributed by atoms with Crippen molar-refractivity contribution >= 4 is 11.0 Å². The van der Waals surface area contributed by atoms with E-state index in [2.05, 4.69) is 22.0 Å². The number of hydrogen-bond donors (Lipinski definition) is 0. The molecule has 7 nitrogen and oxygen atoms in total. The number of benzene rings is 1. The summed E-state index contributed by atoms with van der Waals surface area (Å²) < 4.78 is 2.79. The van der Waals surface area contributed by atoms with Gasteiger partial charge in [-0.15, -0.1) is 0 Å². The van der Waals surface area contributed by atoms with Crippen LogP contribution in [-0.2, 0) is 20.1 Å². The fourth-order valence-electron chi connectivity index (χ4n) is 4.70. The number of nitrogens with zero attached hydrogens (tertiary/aromatic N) is 5. The maximum Gasteiger partial charge on any atom is 0.332 e. The topological polar surface area (TPSA) is 73.0 Å². The van der Waals surface area contributed by atoms with Crippen LogP contribution >= 0.6 is 0 Å². The summed E-state index contributed by atoms with van der Waals surface area (Å²) in [5, 5.41) is 0.473. The minimum absolute atomic E-state index is 0.259. The van der Waals surface area contributed by atoms with Crippen molar-refractivity contribution in [3.8, 4) is 0 Å². The molecule has 0 bridgehead atoms. The number of fused-ring (bicyclic) bond motifs is 1. The average molecular weight is 442 g/mol. The normalized spacial score (nSPS) is 16.8. The number of piperidine rings is 1. The molecule has 0 N–H and O–H groups in total. The van der Waals surface area contributed by atoms with Gasteiger partial charge >= 0.3 is 5.69 Å². The lowest BCUT2D eigenvalue weighted by Crippen LogP contribution is -2.39. The van der Waals surface area contributed by atoms with Gasteiger partial charge in [-0.05, 0) is 54.8 Å². The summed E-state index contributed by atoms with van der Waals surface area (Å²) in [5.41, 5.74) is 3.00.